The summed E-state index contributed by atoms with van der Waals surface area (Å²) in [6.45, 7) is 5.82. The van der Waals surface area contributed by atoms with Crippen LogP contribution in [-0.4, -0.2) is 50.3 Å². The predicted octanol–water partition coefficient (Wildman–Crippen LogP) is 1.93. The summed E-state index contributed by atoms with van der Waals surface area (Å²) in [5.74, 6) is -0.0345. The fraction of sp³-hybridized carbons (Fsp3) is 0.625. The van der Waals surface area contributed by atoms with E-state index in [9.17, 15) is 14.2 Å². The van der Waals surface area contributed by atoms with E-state index in [1.807, 2.05) is 0 Å². The van der Waals surface area contributed by atoms with Gasteiger partial charge in [0.25, 0.3) is 5.56 Å². The maximum Gasteiger partial charge on any atom is 0.510 e. The normalized spacial score (nSPS) is 17.5. The van der Waals surface area contributed by atoms with Crippen LogP contribution in [0.5, 0.6) is 0 Å². The van der Waals surface area contributed by atoms with Crippen molar-refractivity contribution in [3.05, 3.63) is 16.7 Å². The fourth-order valence-electron chi connectivity index (χ4n) is 2.42. The summed E-state index contributed by atoms with van der Waals surface area (Å²) in [5.41, 5.74) is 4.07. The van der Waals surface area contributed by atoms with Gasteiger partial charge in [0, 0.05) is 6.66 Å². The van der Waals surface area contributed by atoms with Gasteiger partial charge in [-0.25, -0.2) is 14.7 Å². The molecule has 0 bridgehead atoms. The van der Waals surface area contributed by atoms with Crippen LogP contribution in [-0.2, 0) is 34.7 Å². The zero-order valence-electron chi connectivity index (χ0n) is 17.0. The first kappa shape index (κ1) is 22.2. The molecule has 0 saturated heterocycles. The number of nitrogens with two attached hydrogens (primary N) is 1. The third-order valence-electron chi connectivity index (χ3n) is 3.96. The highest BCUT2D eigenvalue weighted by Gasteiger charge is 2.48. The monoisotopic (exact) mass is 445 g/mol. The largest absolute Gasteiger partial charge is 0.510 e. The summed E-state index contributed by atoms with van der Waals surface area (Å²) in [5, 5.41) is 0. The Bertz CT molecular complexity index is 1040. The van der Waals surface area contributed by atoms with Crippen molar-refractivity contribution in [1.29, 1.82) is 0 Å². The van der Waals surface area contributed by atoms with E-state index >= 15 is 0 Å². The Morgan fingerprint density at radius 2 is 2.10 bits per heavy atom. The molecule has 3 rings (SSSR count). The number of carbonyl (C=O) groups is 1. The van der Waals surface area contributed by atoms with Crippen LogP contribution in [0, 0.1) is 0 Å². The molecule has 1 aliphatic rings. The Morgan fingerprint density at radius 3 is 2.73 bits per heavy atom. The second-order valence-electron chi connectivity index (χ2n) is 7.96. The van der Waals surface area contributed by atoms with Crippen LogP contribution < -0.4 is 11.3 Å². The SMILES string of the molecule is CC(C)(C)OC(=O)OCOP(C)(=O)OOC1(Cn2cnc3c(=O)[nH]c(N)nc32)CC1. The minimum Gasteiger partial charge on any atom is -0.429 e. The molecule has 166 valence electrons. The predicted molar refractivity (Wildman–Crippen MR) is 103 cm³/mol. The molecule has 0 spiro atoms. The molecule has 30 heavy (non-hydrogen) atoms. The van der Waals surface area contributed by atoms with E-state index in [0.717, 1.165) is 0 Å². The van der Waals surface area contributed by atoms with Crippen LogP contribution in [0.25, 0.3) is 11.2 Å². The number of aromatic nitrogens is 4. The van der Waals surface area contributed by atoms with Crippen molar-refractivity contribution in [2.45, 2.75) is 51.4 Å². The van der Waals surface area contributed by atoms with Gasteiger partial charge in [0.2, 0.25) is 12.7 Å². The number of nitrogen functional groups attached to an aromatic ring is 1. The lowest BCUT2D eigenvalue weighted by atomic mass is 10.2. The van der Waals surface area contributed by atoms with Crippen LogP contribution in [0.3, 0.4) is 0 Å². The summed E-state index contributed by atoms with van der Waals surface area (Å²) in [6.07, 6.45) is 1.70. The van der Waals surface area contributed by atoms with Gasteiger partial charge in [-0.3, -0.25) is 18.9 Å². The molecule has 14 heteroatoms. The number of fused-ring (bicyclic) bond motifs is 1. The molecule has 0 radical (unpaired) electrons. The molecule has 1 atom stereocenters. The van der Waals surface area contributed by atoms with Crippen LogP contribution in [0.2, 0.25) is 0 Å². The van der Waals surface area contributed by atoms with Gasteiger partial charge < -0.3 is 19.8 Å². The number of hydrogen-bond acceptors (Lipinski definition) is 11. The first-order valence-corrected chi connectivity index (χ1v) is 11.0. The Hall–Kier alpha value is -2.47. The first-order chi connectivity index (χ1) is 13.9. The molecule has 1 aliphatic carbocycles. The van der Waals surface area contributed by atoms with Gasteiger partial charge in [0.05, 0.1) is 12.9 Å². The third kappa shape index (κ3) is 5.79. The maximum absolute atomic E-state index is 12.4. The van der Waals surface area contributed by atoms with Crippen LogP contribution in [0.4, 0.5) is 10.7 Å². The molecule has 1 saturated carbocycles. The minimum absolute atomic E-state index is 0.0345. The highest BCUT2D eigenvalue weighted by Crippen LogP contribution is 2.50. The molecule has 1 fully saturated rings. The van der Waals surface area contributed by atoms with Gasteiger partial charge >= 0.3 is 13.8 Å². The lowest BCUT2D eigenvalue weighted by Gasteiger charge is -2.20. The van der Waals surface area contributed by atoms with Crippen molar-refractivity contribution in [1.82, 2.24) is 19.5 Å². The second kappa shape index (κ2) is 7.99. The van der Waals surface area contributed by atoms with Crippen molar-refractivity contribution in [3.8, 4) is 0 Å². The number of nitrogens with zero attached hydrogens (tertiary/aromatic N) is 3. The van der Waals surface area contributed by atoms with Gasteiger partial charge in [-0.2, -0.15) is 4.98 Å². The van der Waals surface area contributed by atoms with Gasteiger partial charge in [-0.15, -0.1) is 4.67 Å². The number of imidazole rings is 1. The Labute approximate surface area is 171 Å². The number of aromatic amines is 1. The molecule has 2 aromatic heterocycles. The second-order valence-corrected chi connectivity index (χ2v) is 9.91. The number of rotatable bonds is 8. The summed E-state index contributed by atoms with van der Waals surface area (Å²) in [7, 11) is -3.68. The number of anilines is 1. The van der Waals surface area contributed by atoms with E-state index in [2.05, 4.69) is 15.0 Å². The average molecular weight is 445 g/mol. The highest BCUT2D eigenvalue weighted by atomic mass is 31.2. The summed E-state index contributed by atoms with van der Waals surface area (Å²) < 4.78 is 33.6. The van der Waals surface area contributed by atoms with E-state index in [-0.39, 0.29) is 18.0 Å². The van der Waals surface area contributed by atoms with E-state index in [0.29, 0.717) is 18.5 Å². The standard InChI is InChI=1S/C16H24N5O8P/c1-15(2,3)27-14(23)25-9-26-30(4,24)29-28-16(5-6-16)7-21-8-18-10-11(21)19-13(17)20-12(10)22/h8H,5-7,9H2,1-4H3,(H3,17,19,20,22). The van der Waals surface area contributed by atoms with Crippen molar-refractivity contribution in [3.63, 3.8) is 0 Å². The quantitative estimate of drug-likeness (QED) is 0.200. The first-order valence-electron chi connectivity index (χ1n) is 9.04. The molecule has 0 aliphatic heterocycles. The van der Waals surface area contributed by atoms with Gasteiger partial charge in [0.1, 0.15) is 11.2 Å². The zero-order chi connectivity index (χ0) is 22.2. The average Bonchev–Trinajstić information content (AvgIpc) is 3.25. The Balaban J connectivity index is 1.53. The van der Waals surface area contributed by atoms with Crippen LogP contribution >= 0.6 is 7.60 Å². The van der Waals surface area contributed by atoms with Gasteiger partial charge in [-0.05, 0) is 33.6 Å². The number of hydrogen-bond donors (Lipinski definition) is 2. The van der Waals surface area contributed by atoms with E-state index in [4.69, 9.17) is 29.3 Å². The van der Waals surface area contributed by atoms with Crippen molar-refractivity contribution in [2.75, 3.05) is 19.2 Å². The fourth-order valence-corrected chi connectivity index (χ4v) is 3.00. The maximum atomic E-state index is 12.4. The summed E-state index contributed by atoms with van der Waals surface area (Å²) in [4.78, 5) is 39.2. The van der Waals surface area contributed by atoms with Crippen molar-refractivity contribution < 1.29 is 32.9 Å². The number of carbonyl (C=O) groups excluding carboxylic acids is 1. The smallest absolute Gasteiger partial charge is 0.429 e. The molecule has 1 unspecified atom stereocenters. The molecule has 2 aromatic rings. The minimum atomic E-state index is -3.68. The van der Waals surface area contributed by atoms with Crippen LogP contribution in [0.15, 0.2) is 11.1 Å². The highest BCUT2D eigenvalue weighted by molar-refractivity contribution is 7.52. The molecule has 13 nitrogen and oxygen atoms in total. The Kier molecular flexibility index (Phi) is 5.92. The third-order valence-corrected chi connectivity index (χ3v) is 4.88. The topological polar surface area (TPSA) is 170 Å². The molecule has 3 N–H and O–H groups in total. The summed E-state index contributed by atoms with van der Waals surface area (Å²) >= 11 is 0. The zero-order valence-corrected chi connectivity index (χ0v) is 17.9. The number of H-pyrrole nitrogens is 1. The summed E-state index contributed by atoms with van der Waals surface area (Å²) in [6, 6.07) is 0. The van der Waals surface area contributed by atoms with Gasteiger partial charge in [-0.1, -0.05) is 0 Å². The van der Waals surface area contributed by atoms with Gasteiger partial charge in [0.15, 0.2) is 11.2 Å². The number of nitrogens with one attached hydrogen (secondary N) is 1. The molecule has 0 aromatic carbocycles. The molecule has 0 amide bonds. The Morgan fingerprint density at radius 1 is 1.40 bits per heavy atom. The lowest BCUT2D eigenvalue weighted by molar-refractivity contribution is -0.268. The number of ether oxygens (including phenoxy) is 2. The van der Waals surface area contributed by atoms with Crippen LogP contribution in [0.1, 0.15) is 33.6 Å². The van der Waals surface area contributed by atoms with E-state index in [1.165, 1.54) is 13.0 Å². The molecular formula is C16H24N5O8P. The lowest BCUT2D eigenvalue weighted by Crippen LogP contribution is -2.25. The van der Waals surface area contributed by atoms with Crippen molar-refractivity contribution >= 4 is 30.9 Å². The van der Waals surface area contributed by atoms with Crippen molar-refractivity contribution in [2.24, 2.45) is 0 Å². The molecular weight excluding hydrogens is 421 g/mol. The van der Waals surface area contributed by atoms with E-state index < -0.39 is 37.3 Å². The molecule has 2 heterocycles. The van der Waals surface area contributed by atoms with E-state index in [1.54, 1.807) is 25.3 Å².